The average molecular weight is 503 g/mol. The smallest absolute Gasteiger partial charge is 0.192 e. The Morgan fingerprint density at radius 3 is 1.56 bits per heavy atom. The molecule has 1 saturated heterocycles. The van der Waals surface area contributed by atoms with Gasteiger partial charge in [0.1, 0.15) is 0 Å². The number of rotatable bonds is 4. The Hall–Kier alpha value is 1.00. The zero-order valence-electron chi connectivity index (χ0n) is 17.9. The Morgan fingerprint density at radius 1 is 0.840 bits per heavy atom. The van der Waals surface area contributed by atoms with Crippen molar-refractivity contribution in [1.29, 1.82) is 0 Å². The van der Waals surface area contributed by atoms with Crippen molar-refractivity contribution in [3.05, 3.63) is 0 Å². The zero-order chi connectivity index (χ0) is 20.0. The quantitative estimate of drug-likeness (QED) is 0.322. The lowest BCUT2D eigenvalue weighted by atomic mass is 10.0. The van der Waals surface area contributed by atoms with Crippen LogP contribution in [0.5, 0.6) is 0 Å². The summed E-state index contributed by atoms with van der Waals surface area (Å²) < 4.78 is 19.1. The Morgan fingerprint density at radius 2 is 1.20 bits per heavy atom. The first-order valence-electron chi connectivity index (χ1n) is 9.24. The van der Waals surface area contributed by atoms with E-state index >= 15 is 0 Å². The van der Waals surface area contributed by atoms with Crippen LogP contribution in [-0.4, -0.2) is 50.3 Å². The zero-order valence-corrected chi connectivity index (χ0v) is 22.1. The first-order chi connectivity index (χ1) is 10.9. The molecule has 1 heterocycles. The fraction of sp³-hybridized carbons (Fsp3) is 1.00. The van der Waals surface area contributed by atoms with E-state index in [-0.39, 0.29) is 32.3 Å². The van der Waals surface area contributed by atoms with E-state index in [1.165, 1.54) is 0 Å². The van der Waals surface area contributed by atoms with Crippen molar-refractivity contribution in [2.24, 2.45) is 0 Å². The first-order valence-corrected chi connectivity index (χ1v) is 16.3. The normalized spacial score (nSPS) is 32.8. The van der Waals surface area contributed by atoms with Gasteiger partial charge in [-0.15, -0.1) is 0 Å². The van der Waals surface area contributed by atoms with Crippen LogP contribution in [0.3, 0.4) is 0 Å². The molecule has 1 aliphatic rings. The van der Waals surface area contributed by atoms with Crippen LogP contribution in [0.25, 0.3) is 0 Å². The largest absolute Gasteiger partial charge is 0.410 e. The van der Waals surface area contributed by atoms with Gasteiger partial charge in [-0.05, 0) is 43.2 Å². The van der Waals surface area contributed by atoms with Crippen molar-refractivity contribution >= 4 is 39.2 Å². The average Bonchev–Trinajstić information content (AvgIpc) is 2.37. The predicted molar refractivity (Wildman–Crippen MR) is 119 cm³/mol. The highest BCUT2D eigenvalue weighted by Crippen LogP contribution is 2.43. The van der Waals surface area contributed by atoms with E-state index in [0.29, 0.717) is 0 Å². The highest BCUT2D eigenvalue weighted by Gasteiger charge is 2.51. The number of aliphatic hydroxyl groups excluding tert-OH is 1. The molecular formula is C18H39IO4Si2. The second kappa shape index (κ2) is 7.79. The fourth-order valence-corrected chi connectivity index (χ4v) is 5.99. The Labute approximate surface area is 170 Å². The third-order valence-electron chi connectivity index (χ3n) is 6.20. The maximum Gasteiger partial charge on any atom is 0.192 e. The van der Waals surface area contributed by atoms with Crippen LogP contribution >= 0.6 is 22.6 Å². The molecule has 25 heavy (non-hydrogen) atoms. The van der Waals surface area contributed by atoms with Crippen molar-refractivity contribution in [2.45, 2.75) is 113 Å². The Bertz CT molecular complexity index is 457. The van der Waals surface area contributed by atoms with E-state index in [1.54, 1.807) is 0 Å². The number of halogens is 1. The molecule has 1 aliphatic heterocycles. The molecule has 0 aromatic heterocycles. The molecule has 0 aliphatic carbocycles. The molecule has 0 amide bonds. The molecule has 0 saturated carbocycles. The molecule has 0 aromatic carbocycles. The molecule has 4 nitrogen and oxygen atoms in total. The van der Waals surface area contributed by atoms with Crippen molar-refractivity contribution < 1.29 is 18.7 Å². The van der Waals surface area contributed by atoms with Crippen LogP contribution in [0, 0.1) is 0 Å². The summed E-state index contributed by atoms with van der Waals surface area (Å²) in [5.74, 6) is 0. The molecule has 0 spiro atoms. The SMILES string of the molecule is C[C@@H]1O[C@@H](O)[C@H](I)[C@@H](O[Si](C)(C)C(C)(C)C)[C@@H]1O[Si](C)(C)C(C)(C)C. The molecule has 0 bridgehead atoms. The van der Waals surface area contributed by atoms with Gasteiger partial charge >= 0.3 is 0 Å². The summed E-state index contributed by atoms with van der Waals surface area (Å²) in [5.41, 5.74) is 0. The summed E-state index contributed by atoms with van der Waals surface area (Å²) in [7, 11) is -3.97. The number of alkyl halides is 1. The molecular weight excluding hydrogens is 463 g/mol. The van der Waals surface area contributed by atoms with Crippen molar-refractivity contribution in [3.8, 4) is 0 Å². The van der Waals surface area contributed by atoms with Crippen LogP contribution in [0.1, 0.15) is 48.5 Å². The number of hydrogen-bond acceptors (Lipinski definition) is 4. The highest BCUT2D eigenvalue weighted by molar-refractivity contribution is 14.1. The van der Waals surface area contributed by atoms with Gasteiger partial charge in [-0.25, -0.2) is 0 Å². The van der Waals surface area contributed by atoms with Gasteiger partial charge in [0.15, 0.2) is 22.9 Å². The number of hydrogen-bond donors (Lipinski definition) is 1. The Kier molecular flexibility index (Phi) is 7.49. The van der Waals surface area contributed by atoms with Crippen LogP contribution in [0.15, 0.2) is 0 Å². The fourth-order valence-electron chi connectivity index (χ4n) is 2.31. The molecule has 0 aromatic rings. The molecule has 0 unspecified atom stereocenters. The van der Waals surface area contributed by atoms with Crippen molar-refractivity contribution in [2.75, 3.05) is 0 Å². The number of aliphatic hydroxyl groups is 1. The third-order valence-corrected chi connectivity index (χ3v) is 16.5. The topological polar surface area (TPSA) is 47.9 Å². The molecule has 150 valence electrons. The van der Waals surface area contributed by atoms with E-state index in [1.807, 2.05) is 6.92 Å². The lowest BCUT2D eigenvalue weighted by Gasteiger charge is -2.50. The molecule has 5 atom stereocenters. The second-order valence-corrected chi connectivity index (χ2v) is 21.3. The first kappa shape index (κ1) is 24.0. The molecule has 0 radical (unpaired) electrons. The minimum Gasteiger partial charge on any atom is -0.410 e. The summed E-state index contributed by atoms with van der Waals surface area (Å²) in [6, 6.07) is 0. The van der Waals surface area contributed by atoms with E-state index in [2.05, 4.69) is 90.3 Å². The molecule has 1 fully saturated rings. The minimum atomic E-state index is -1.99. The molecule has 1 rings (SSSR count). The molecule has 1 N–H and O–H groups in total. The van der Waals surface area contributed by atoms with E-state index < -0.39 is 22.9 Å². The summed E-state index contributed by atoms with van der Waals surface area (Å²) in [4.78, 5) is 0. The van der Waals surface area contributed by atoms with Gasteiger partial charge in [0.05, 0.1) is 22.2 Å². The highest BCUT2D eigenvalue weighted by atomic mass is 127. The van der Waals surface area contributed by atoms with Gasteiger partial charge in [-0.1, -0.05) is 64.1 Å². The van der Waals surface area contributed by atoms with Gasteiger partial charge in [0, 0.05) is 0 Å². The summed E-state index contributed by atoms with van der Waals surface area (Å²) in [6.07, 6.45) is -1.32. The van der Waals surface area contributed by atoms with Crippen LogP contribution < -0.4 is 0 Å². The van der Waals surface area contributed by atoms with Crippen LogP contribution in [-0.2, 0) is 13.6 Å². The van der Waals surface area contributed by atoms with E-state index in [9.17, 15) is 5.11 Å². The summed E-state index contributed by atoms with van der Waals surface area (Å²) in [6.45, 7) is 24.5. The monoisotopic (exact) mass is 502 g/mol. The van der Waals surface area contributed by atoms with Gasteiger partial charge in [-0.3, -0.25) is 0 Å². The number of ether oxygens (including phenoxy) is 1. The maximum atomic E-state index is 10.4. The molecule has 7 heteroatoms. The van der Waals surface area contributed by atoms with Gasteiger partial charge < -0.3 is 18.7 Å². The van der Waals surface area contributed by atoms with Gasteiger partial charge in [-0.2, -0.15) is 0 Å². The maximum absolute atomic E-state index is 10.4. The van der Waals surface area contributed by atoms with Gasteiger partial charge in [0.2, 0.25) is 0 Å². The summed E-state index contributed by atoms with van der Waals surface area (Å²) in [5, 5.41) is 10.6. The van der Waals surface area contributed by atoms with Crippen molar-refractivity contribution in [1.82, 2.24) is 0 Å². The minimum absolute atomic E-state index is 0.109. The standard InChI is InChI=1S/C18H39IO4Si2/c1-12-14(22-24(8,9)17(2,3)4)15(13(19)16(20)21-12)23-25(10,11)18(5,6)7/h12-16,20H,1-11H3/t12-,13+,14+,15+,16+/m0/s1. The Balaban J connectivity index is 3.17. The van der Waals surface area contributed by atoms with E-state index in [0.717, 1.165) is 0 Å². The van der Waals surface area contributed by atoms with Crippen LogP contribution in [0.2, 0.25) is 36.3 Å². The summed E-state index contributed by atoms with van der Waals surface area (Å²) >= 11 is 2.27. The third kappa shape index (κ3) is 5.51. The lowest BCUT2D eigenvalue weighted by molar-refractivity contribution is -0.212. The van der Waals surface area contributed by atoms with Gasteiger partial charge in [0.25, 0.3) is 0 Å². The lowest BCUT2D eigenvalue weighted by Crippen LogP contribution is -2.63. The van der Waals surface area contributed by atoms with E-state index in [4.69, 9.17) is 13.6 Å². The predicted octanol–water partition coefficient (Wildman–Crippen LogP) is 5.31. The van der Waals surface area contributed by atoms with Crippen LogP contribution in [0.4, 0.5) is 0 Å². The van der Waals surface area contributed by atoms with Crippen molar-refractivity contribution in [3.63, 3.8) is 0 Å². The second-order valence-electron chi connectivity index (χ2n) is 10.4.